The number of aliphatic hydroxyl groups is 1. The molecule has 0 aromatic carbocycles. The number of hydrogen-bond acceptors (Lipinski definition) is 5. The van der Waals surface area contributed by atoms with Crippen molar-refractivity contribution >= 4 is 17.3 Å². The second kappa shape index (κ2) is 7.36. The van der Waals surface area contributed by atoms with Gasteiger partial charge in [0.05, 0.1) is 12.5 Å². The predicted octanol–water partition coefficient (Wildman–Crippen LogP) is 3.50. The summed E-state index contributed by atoms with van der Waals surface area (Å²) in [6, 6.07) is 0. The summed E-state index contributed by atoms with van der Waals surface area (Å²) in [6.45, 7) is 4.46. The van der Waals surface area contributed by atoms with Crippen LogP contribution in [0.5, 0.6) is 0 Å². The van der Waals surface area contributed by atoms with Gasteiger partial charge in [0.1, 0.15) is 10.6 Å². The molecule has 118 valence electrons. The highest BCUT2D eigenvalue weighted by Crippen LogP contribution is 2.41. The highest BCUT2D eigenvalue weighted by molar-refractivity contribution is 7.09. The van der Waals surface area contributed by atoms with Crippen LogP contribution in [0.4, 0.5) is 0 Å². The van der Waals surface area contributed by atoms with Crippen LogP contribution in [0.2, 0.25) is 0 Å². The molecule has 1 N–H and O–H groups in total. The van der Waals surface area contributed by atoms with Gasteiger partial charge in [-0.1, -0.05) is 13.3 Å². The van der Waals surface area contributed by atoms with E-state index in [1.54, 1.807) is 6.20 Å². The fraction of sp³-hybridized carbons (Fsp3) is 0.750. The van der Waals surface area contributed by atoms with Gasteiger partial charge >= 0.3 is 5.97 Å². The van der Waals surface area contributed by atoms with Gasteiger partial charge in [-0.2, -0.15) is 0 Å². The van der Waals surface area contributed by atoms with Crippen LogP contribution < -0.4 is 0 Å². The average Bonchev–Trinajstić information content (AvgIpc) is 3.02. The summed E-state index contributed by atoms with van der Waals surface area (Å²) >= 11 is 1.49. The van der Waals surface area contributed by atoms with Crippen molar-refractivity contribution < 1.29 is 14.6 Å². The van der Waals surface area contributed by atoms with Gasteiger partial charge in [0, 0.05) is 11.6 Å². The van der Waals surface area contributed by atoms with Gasteiger partial charge in [-0.3, -0.25) is 4.79 Å². The number of nitrogens with zero attached hydrogens (tertiary/aromatic N) is 1. The number of unbranched alkanes of at least 4 members (excludes halogenated alkanes) is 1. The van der Waals surface area contributed by atoms with Gasteiger partial charge in [0.25, 0.3) is 0 Å². The first-order valence-corrected chi connectivity index (χ1v) is 8.72. The summed E-state index contributed by atoms with van der Waals surface area (Å²) < 4.78 is 5.30. The van der Waals surface area contributed by atoms with E-state index >= 15 is 0 Å². The Bertz CT molecular complexity index is 436. The van der Waals surface area contributed by atoms with Crippen molar-refractivity contribution in [3.63, 3.8) is 0 Å². The third-order valence-corrected chi connectivity index (χ3v) is 5.46. The lowest BCUT2D eigenvalue weighted by molar-refractivity contribution is -0.151. The lowest BCUT2D eigenvalue weighted by Gasteiger charge is -2.36. The maximum absolute atomic E-state index is 12.0. The smallest absolute Gasteiger partial charge is 0.308 e. The van der Waals surface area contributed by atoms with Crippen molar-refractivity contribution in [2.24, 2.45) is 11.8 Å². The molecule has 0 radical (unpaired) electrons. The Morgan fingerprint density at radius 2 is 2.19 bits per heavy atom. The highest BCUT2D eigenvalue weighted by Gasteiger charge is 2.39. The zero-order valence-electron chi connectivity index (χ0n) is 12.9. The first-order valence-electron chi connectivity index (χ1n) is 7.84. The number of ether oxygens (including phenoxy) is 1. The van der Waals surface area contributed by atoms with Crippen LogP contribution in [0.1, 0.15) is 57.4 Å². The minimum Gasteiger partial charge on any atom is -0.465 e. The van der Waals surface area contributed by atoms with Crippen LogP contribution in [0.25, 0.3) is 0 Å². The van der Waals surface area contributed by atoms with Gasteiger partial charge < -0.3 is 9.84 Å². The first kappa shape index (κ1) is 16.4. The van der Waals surface area contributed by atoms with E-state index in [1.165, 1.54) is 11.3 Å². The Morgan fingerprint density at radius 3 is 2.76 bits per heavy atom. The molecule has 1 aliphatic carbocycles. The number of esters is 1. The molecule has 1 atom stereocenters. The Balaban J connectivity index is 1.84. The molecule has 1 heterocycles. The lowest BCUT2D eigenvalue weighted by atomic mass is 9.74. The molecule has 0 spiro atoms. The van der Waals surface area contributed by atoms with Crippen molar-refractivity contribution in [2.75, 3.05) is 6.61 Å². The quantitative estimate of drug-likeness (QED) is 0.645. The average molecular weight is 311 g/mol. The molecule has 1 unspecified atom stereocenters. The van der Waals surface area contributed by atoms with E-state index in [0.29, 0.717) is 6.61 Å². The second-order valence-corrected chi connectivity index (χ2v) is 6.95. The zero-order valence-corrected chi connectivity index (χ0v) is 13.7. The van der Waals surface area contributed by atoms with Crippen molar-refractivity contribution in [2.45, 2.75) is 58.0 Å². The molecule has 0 bridgehead atoms. The van der Waals surface area contributed by atoms with E-state index in [9.17, 15) is 9.90 Å². The maximum Gasteiger partial charge on any atom is 0.308 e. The maximum atomic E-state index is 12.0. The molecule has 1 aromatic heterocycles. The fourth-order valence-corrected chi connectivity index (χ4v) is 3.75. The molecule has 21 heavy (non-hydrogen) atoms. The SMILES string of the molecule is CCCCOC(=O)C1CCC(C(C)(O)c2nccs2)CC1. The predicted molar refractivity (Wildman–Crippen MR) is 83.0 cm³/mol. The molecular weight excluding hydrogens is 286 g/mol. The first-order chi connectivity index (χ1) is 10.1. The summed E-state index contributed by atoms with van der Waals surface area (Å²) in [6.07, 6.45) is 7.00. The molecule has 0 saturated heterocycles. The Kier molecular flexibility index (Phi) is 5.76. The highest BCUT2D eigenvalue weighted by atomic mass is 32.1. The van der Waals surface area contributed by atoms with Crippen LogP contribution in [-0.2, 0) is 15.1 Å². The van der Waals surface area contributed by atoms with Crippen LogP contribution in [0, 0.1) is 11.8 Å². The van der Waals surface area contributed by atoms with E-state index in [0.717, 1.165) is 43.5 Å². The number of rotatable bonds is 6. The largest absolute Gasteiger partial charge is 0.465 e. The van der Waals surface area contributed by atoms with E-state index < -0.39 is 5.60 Å². The number of thiazole rings is 1. The summed E-state index contributed by atoms with van der Waals surface area (Å²) in [5.74, 6) is 0.115. The molecule has 1 aromatic rings. The molecule has 4 nitrogen and oxygen atoms in total. The number of hydrogen-bond donors (Lipinski definition) is 1. The Labute approximate surface area is 130 Å². The Hall–Kier alpha value is -0.940. The van der Waals surface area contributed by atoms with Crippen LogP contribution in [0.15, 0.2) is 11.6 Å². The molecule has 1 saturated carbocycles. The minimum absolute atomic E-state index is 0.00482. The second-order valence-electron chi connectivity index (χ2n) is 6.05. The van der Waals surface area contributed by atoms with Crippen LogP contribution >= 0.6 is 11.3 Å². The fourth-order valence-electron chi connectivity index (χ4n) is 2.97. The van der Waals surface area contributed by atoms with E-state index in [2.05, 4.69) is 11.9 Å². The monoisotopic (exact) mass is 311 g/mol. The number of carbonyl (C=O) groups excluding carboxylic acids is 1. The molecule has 1 fully saturated rings. The molecule has 0 aliphatic heterocycles. The van der Waals surface area contributed by atoms with Crippen molar-refractivity contribution in [3.05, 3.63) is 16.6 Å². The number of aromatic nitrogens is 1. The van der Waals surface area contributed by atoms with E-state index in [4.69, 9.17) is 4.74 Å². The van der Waals surface area contributed by atoms with E-state index in [-0.39, 0.29) is 17.8 Å². The van der Waals surface area contributed by atoms with Gasteiger partial charge in [0.2, 0.25) is 0 Å². The molecular formula is C16H25NO3S. The Morgan fingerprint density at radius 1 is 1.48 bits per heavy atom. The summed E-state index contributed by atoms with van der Waals surface area (Å²) in [7, 11) is 0. The van der Waals surface area contributed by atoms with Crippen molar-refractivity contribution in [3.8, 4) is 0 Å². The van der Waals surface area contributed by atoms with E-state index in [1.807, 2.05) is 12.3 Å². The third kappa shape index (κ3) is 4.04. The molecule has 5 heteroatoms. The third-order valence-electron chi connectivity index (χ3n) is 4.46. The minimum atomic E-state index is -0.884. The van der Waals surface area contributed by atoms with Crippen LogP contribution in [0.3, 0.4) is 0 Å². The van der Waals surface area contributed by atoms with Crippen LogP contribution in [-0.4, -0.2) is 22.7 Å². The summed E-state index contributed by atoms with van der Waals surface area (Å²) in [4.78, 5) is 16.2. The summed E-state index contributed by atoms with van der Waals surface area (Å²) in [5.41, 5.74) is -0.884. The molecule has 0 amide bonds. The topological polar surface area (TPSA) is 59.4 Å². The van der Waals surface area contributed by atoms with Gasteiger partial charge in [0.15, 0.2) is 0 Å². The molecule has 2 rings (SSSR count). The number of carbonyl (C=O) groups is 1. The molecule has 1 aliphatic rings. The van der Waals surface area contributed by atoms with Gasteiger partial charge in [-0.05, 0) is 44.9 Å². The lowest BCUT2D eigenvalue weighted by Crippen LogP contribution is -2.36. The zero-order chi connectivity index (χ0) is 15.3. The van der Waals surface area contributed by atoms with Gasteiger partial charge in [-0.15, -0.1) is 11.3 Å². The van der Waals surface area contributed by atoms with Crippen molar-refractivity contribution in [1.82, 2.24) is 4.98 Å². The summed E-state index contributed by atoms with van der Waals surface area (Å²) in [5, 5.41) is 13.4. The van der Waals surface area contributed by atoms with Crippen molar-refractivity contribution in [1.29, 1.82) is 0 Å². The normalized spacial score (nSPS) is 25.3. The van der Waals surface area contributed by atoms with Gasteiger partial charge in [-0.25, -0.2) is 4.98 Å². The standard InChI is InChI=1S/C16H25NO3S/c1-3-4-10-20-14(18)12-5-7-13(8-6-12)16(2,19)15-17-9-11-21-15/h9,11-13,19H,3-8,10H2,1-2H3.